The van der Waals surface area contributed by atoms with Gasteiger partial charge in [0.2, 0.25) is 5.91 Å². The molecule has 1 amide bonds. The summed E-state index contributed by atoms with van der Waals surface area (Å²) in [7, 11) is 1.65. The number of fused-ring (bicyclic) bond motifs is 1. The summed E-state index contributed by atoms with van der Waals surface area (Å²) in [5.74, 6) is 1.72. The molecule has 172 valence electrons. The molecule has 2 aliphatic rings. The van der Waals surface area contributed by atoms with Crippen LogP contribution in [-0.4, -0.2) is 49.1 Å². The summed E-state index contributed by atoms with van der Waals surface area (Å²) in [6, 6.07) is 11.5. The Kier molecular flexibility index (Phi) is 6.28. The molecule has 5 rings (SSSR count). The van der Waals surface area contributed by atoms with Gasteiger partial charge in [-0.1, -0.05) is 12.1 Å². The number of nitrogens with zero attached hydrogens (tertiary/aromatic N) is 1. The number of H-pyrrole nitrogens is 1. The van der Waals surface area contributed by atoms with E-state index in [1.807, 2.05) is 42.6 Å². The van der Waals surface area contributed by atoms with E-state index in [9.17, 15) is 4.79 Å². The lowest BCUT2D eigenvalue weighted by molar-refractivity contribution is -0.118. The number of anilines is 1. The number of hydrogen-bond donors (Lipinski definition) is 3. The number of nitrogens with one attached hydrogen (secondary N) is 3. The SMILES string of the molecule is COc1ccc2c(c1)C[C@H](C(=O)Nc1ccc(-c3cn[nH]c3)cc1OCC1CCOC1)NC2. The van der Waals surface area contributed by atoms with Crippen LogP contribution in [0.1, 0.15) is 17.5 Å². The van der Waals surface area contributed by atoms with Crippen LogP contribution in [0.25, 0.3) is 11.1 Å². The fraction of sp³-hybridized carbons (Fsp3) is 0.360. The Morgan fingerprint density at radius 3 is 2.94 bits per heavy atom. The van der Waals surface area contributed by atoms with Gasteiger partial charge in [0.15, 0.2) is 0 Å². The van der Waals surface area contributed by atoms with Gasteiger partial charge in [0.25, 0.3) is 0 Å². The summed E-state index contributed by atoms with van der Waals surface area (Å²) in [5.41, 5.74) is 4.90. The number of aromatic amines is 1. The van der Waals surface area contributed by atoms with Gasteiger partial charge in [-0.05, 0) is 53.8 Å². The smallest absolute Gasteiger partial charge is 0.241 e. The number of hydrogen-bond acceptors (Lipinski definition) is 6. The number of carbonyl (C=O) groups excluding carboxylic acids is 1. The van der Waals surface area contributed by atoms with Crippen molar-refractivity contribution < 1.29 is 19.0 Å². The van der Waals surface area contributed by atoms with E-state index in [1.54, 1.807) is 13.3 Å². The highest BCUT2D eigenvalue weighted by molar-refractivity contribution is 5.97. The molecule has 0 saturated carbocycles. The molecule has 3 aromatic rings. The van der Waals surface area contributed by atoms with Crippen LogP contribution in [-0.2, 0) is 22.5 Å². The second kappa shape index (κ2) is 9.64. The molecular formula is C25H28N4O4. The molecule has 33 heavy (non-hydrogen) atoms. The maximum Gasteiger partial charge on any atom is 0.241 e. The Morgan fingerprint density at radius 2 is 2.15 bits per heavy atom. The molecule has 2 atom stereocenters. The molecule has 1 aromatic heterocycles. The summed E-state index contributed by atoms with van der Waals surface area (Å²) >= 11 is 0. The van der Waals surface area contributed by atoms with Crippen LogP contribution in [0.5, 0.6) is 11.5 Å². The third-order valence-electron chi connectivity index (χ3n) is 6.26. The van der Waals surface area contributed by atoms with Gasteiger partial charge < -0.3 is 24.8 Å². The second-order valence-electron chi connectivity index (χ2n) is 8.50. The van der Waals surface area contributed by atoms with Crippen LogP contribution in [0.15, 0.2) is 48.8 Å². The van der Waals surface area contributed by atoms with E-state index in [1.165, 1.54) is 5.56 Å². The Morgan fingerprint density at radius 1 is 1.21 bits per heavy atom. The topological polar surface area (TPSA) is 97.5 Å². The molecule has 3 heterocycles. The summed E-state index contributed by atoms with van der Waals surface area (Å²) < 4.78 is 17.0. The highest BCUT2D eigenvalue weighted by Gasteiger charge is 2.26. The molecular weight excluding hydrogens is 420 g/mol. The van der Waals surface area contributed by atoms with Crippen molar-refractivity contribution in [3.63, 3.8) is 0 Å². The number of amides is 1. The Hall–Kier alpha value is -3.36. The highest BCUT2D eigenvalue weighted by atomic mass is 16.5. The first kappa shape index (κ1) is 21.5. The standard InChI is InChI=1S/C25H28N4O4/c1-31-21-4-2-18-11-26-23(9-19(18)8-21)25(30)29-22-5-3-17(20-12-27-28-13-20)10-24(22)33-15-16-6-7-32-14-16/h2-5,8,10,12-13,16,23,26H,6-7,9,11,14-15H2,1H3,(H,27,28)(H,29,30)/t16?,23-/m1/s1. The molecule has 8 heteroatoms. The molecule has 2 aromatic carbocycles. The van der Waals surface area contributed by atoms with E-state index in [2.05, 4.69) is 20.8 Å². The number of rotatable bonds is 7. The van der Waals surface area contributed by atoms with Gasteiger partial charge in [0, 0.05) is 30.8 Å². The van der Waals surface area contributed by atoms with E-state index in [-0.39, 0.29) is 11.9 Å². The molecule has 2 aliphatic heterocycles. The van der Waals surface area contributed by atoms with Crippen LogP contribution < -0.4 is 20.1 Å². The number of carbonyl (C=O) groups is 1. The maximum atomic E-state index is 13.2. The van der Waals surface area contributed by atoms with E-state index in [0.717, 1.165) is 35.5 Å². The van der Waals surface area contributed by atoms with Gasteiger partial charge in [0.05, 0.1) is 38.2 Å². The lowest BCUT2D eigenvalue weighted by atomic mass is 9.95. The molecule has 1 saturated heterocycles. The minimum Gasteiger partial charge on any atom is -0.497 e. The van der Waals surface area contributed by atoms with Crippen molar-refractivity contribution in [2.45, 2.75) is 25.4 Å². The normalized spacial score (nSPS) is 19.7. The quantitative estimate of drug-likeness (QED) is 0.514. The molecule has 3 N–H and O–H groups in total. The number of ether oxygens (including phenoxy) is 3. The molecule has 8 nitrogen and oxygen atoms in total. The fourth-order valence-electron chi connectivity index (χ4n) is 4.28. The molecule has 0 spiro atoms. The van der Waals surface area contributed by atoms with Crippen LogP contribution in [0, 0.1) is 5.92 Å². The summed E-state index contributed by atoms with van der Waals surface area (Å²) in [5, 5.41) is 13.3. The Labute approximate surface area is 192 Å². The van der Waals surface area contributed by atoms with Gasteiger partial charge in [-0.2, -0.15) is 5.10 Å². The molecule has 0 aliphatic carbocycles. The second-order valence-corrected chi connectivity index (χ2v) is 8.50. The average molecular weight is 449 g/mol. The minimum atomic E-state index is -0.339. The minimum absolute atomic E-state index is 0.0893. The highest BCUT2D eigenvalue weighted by Crippen LogP contribution is 2.32. The summed E-state index contributed by atoms with van der Waals surface area (Å²) in [6.07, 6.45) is 5.18. The lowest BCUT2D eigenvalue weighted by Gasteiger charge is -2.26. The van der Waals surface area contributed by atoms with Gasteiger partial charge >= 0.3 is 0 Å². The van der Waals surface area contributed by atoms with E-state index < -0.39 is 0 Å². The fourth-order valence-corrected chi connectivity index (χ4v) is 4.28. The zero-order valence-electron chi connectivity index (χ0n) is 18.6. The first-order valence-corrected chi connectivity index (χ1v) is 11.2. The Bertz CT molecular complexity index is 1110. The molecule has 0 radical (unpaired) electrons. The van der Waals surface area contributed by atoms with Crippen molar-refractivity contribution in [3.8, 4) is 22.6 Å². The third kappa shape index (κ3) is 4.86. The predicted octanol–water partition coefficient (Wildman–Crippen LogP) is 3.15. The average Bonchev–Trinajstić information content (AvgIpc) is 3.57. The van der Waals surface area contributed by atoms with Gasteiger partial charge in [-0.15, -0.1) is 0 Å². The van der Waals surface area contributed by atoms with Crippen LogP contribution >= 0.6 is 0 Å². The zero-order chi connectivity index (χ0) is 22.6. The van der Waals surface area contributed by atoms with Crippen molar-refractivity contribution in [1.82, 2.24) is 15.5 Å². The van der Waals surface area contributed by atoms with Crippen molar-refractivity contribution in [2.24, 2.45) is 5.92 Å². The largest absolute Gasteiger partial charge is 0.497 e. The Balaban J connectivity index is 1.33. The lowest BCUT2D eigenvalue weighted by Crippen LogP contribution is -2.44. The monoisotopic (exact) mass is 448 g/mol. The van der Waals surface area contributed by atoms with Crippen molar-refractivity contribution in [3.05, 3.63) is 59.9 Å². The number of methoxy groups -OCH3 is 1. The third-order valence-corrected chi connectivity index (χ3v) is 6.26. The van der Waals surface area contributed by atoms with Crippen molar-refractivity contribution in [1.29, 1.82) is 0 Å². The van der Waals surface area contributed by atoms with Gasteiger partial charge in [-0.25, -0.2) is 0 Å². The van der Waals surface area contributed by atoms with Crippen molar-refractivity contribution in [2.75, 3.05) is 32.2 Å². The van der Waals surface area contributed by atoms with Crippen LogP contribution in [0.2, 0.25) is 0 Å². The van der Waals surface area contributed by atoms with Crippen LogP contribution in [0.3, 0.4) is 0 Å². The predicted molar refractivity (Wildman–Crippen MR) is 124 cm³/mol. The van der Waals surface area contributed by atoms with Crippen LogP contribution in [0.4, 0.5) is 5.69 Å². The molecule has 1 unspecified atom stereocenters. The summed E-state index contributed by atoms with van der Waals surface area (Å²) in [6.45, 7) is 2.67. The molecule has 1 fully saturated rings. The van der Waals surface area contributed by atoms with E-state index in [4.69, 9.17) is 14.2 Å². The van der Waals surface area contributed by atoms with Crippen molar-refractivity contribution >= 4 is 11.6 Å². The number of aromatic nitrogens is 2. The first-order chi connectivity index (χ1) is 16.2. The zero-order valence-corrected chi connectivity index (χ0v) is 18.6. The maximum absolute atomic E-state index is 13.2. The van der Waals surface area contributed by atoms with E-state index in [0.29, 0.717) is 43.5 Å². The number of benzene rings is 2. The van der Waals surface area contributed by atoms with E-state index >= 15 is 0 Å². The van der Waals surface area contributed by atoms with Gasteiger partial charge in [-0.3, -0.25) is 9.89 Å². The molecule has 0 bridgehead atoms. The summed E-state index contributed by atoms with van der Waals surface area (Å²) in [4.78, 5) is 13.2. The van der Waals surface area contributed by atoms with Gasteiger partial charge in [0.1, 0.15) is 11.5 Å². The first-order valence-electron chi connectivity index (χ1n) is 11.2.